The number of halogens is 2. The number of furan rings is 1. The van der Waals surface area contributed by atoms with Crippen LogP contribution in [0.3, 0.4) is 0 Å². The molecule has 18 heavy (non-hydrogen) atoms. The molecule has 1 aromatic heterocycles. The summed E-state index contributed by atoms with van der Waals surface area (Å²) in [6.07, 6.45) is 1.30. The van der Waals surface area contributed by atoms with Gasteiger partial charge in [-0.05, 0) is 29.3 Å². The van der Waals surface area contributed by atoms with Crippen molar-refractivity contribution in [2.75, 3.05) is 0 Å². The lowest BCUT2D eigenvalue weighted by atomic mass is 9.93. The van der Waals surface area contributed by atoms with Crippen molar-refractivity contribution in [3.8, 4) is 6.07 Å². The number of carbonyl (C=O) groups excluding carboxylic acids is 1. The highest BCUT2D eigenvalue weighted by Gasteiger charge is 2.26. The minimum atomic E-state index is -0.992. The van der Waals surface area contributed by atoms with E-state index in [-0.39, 0.29) is 10.8 Å². The molecule has 1 aromatic carbocycles. The summed E-state index contributed by atoms with van der Waals surface area (Å²) in [5, 5.41) is 9.51. The summed E-state index contributed by atoms with van der Waals surface area (Å²) in [5.41, 5.74) is 0.645. The molecular formula is C13H7Cl2NO2. The lowest BCUT2D eigenvalue weighted by molar-refractivity contribution is 0.0978. The van der Waals surface area contributed by atoms with Gasteiger partial charge in [0.2, 0.25) is 5.22 Å². The number of nitriles is 1. The maximum Gasteiger partial charge on any atom is 0.203 e. The molecule has 0 bridgehead atoms. The molecule has 3 nitrogen and oxygen atoms in total. The fourth-order valence-electron chi connectivity index (χ4n) is 1.60. The predicted molar refractivity (Wildman–Crippen MR) is 67.9 cm³/mol. The van der Waals surface area contributed by atoms with Gasteiger partial charge in [-0.1, -0.05) is 29.8 Å². The molecule has 0 N–H and O–H groups in total. The number of hydrogen-bond donors (Lipinski definition) is 0. The number of Topliss-reactive ketones (excluding diaryl/α,β-unsaturated/α-hetero) is 1. The van der Waals surface area contributed by atoms with Crippen molar-refractivity contribution in [1.29, 1.82) is 5.26 Å². The molecule has 2 aromatic rings. The van der Waals surface area contributed by atoms with Gasteiger partial charge in [-0.2, -0.15) is 5.26 Å². The SMILES string of the molecule is N#CC(C(=O)c1ccoc1Cl)c1ccccc1Cl. The zero-order valence-electron chi connectivity index (χ0n) is 9.06. The summed E-state index contributed by atoms with van der Waals surface area (Å²) < 4.78 is 4.85. The largest absolute Gasteiger partial charge is 0.452 e. The second-order valence-electron chi connectivity index (χ2n) is 3.56. The van der Waals surface area contributed by atoms with E-state index in [0.29, 0.717) is 10.6 Å². The fourth-order valence-corrected chi connectivity index (χ4v) is 2.06. The van der Waals surface area contributed by atoms with Crippen molar-refractivity contribution in [1.82, 2.24) is 0 Å². The fraction of sp³-hybridized carbons (Fsp3) is 0.0769. The van der Waals surface area contributed by atoms with Crippen molar-refractivity contribution in [2.24, 2.45) is 0 Å². The smallest absolute Gasteiger partial charge is 0.203 e. The van der Waals surface area contributed by atoms with Crippen LogP contribution in [0, 0.1) is 11.3 Å². The van der Waals surface area contributed by atoms with Crippen molar-refractivity contribution in [3.63, 3.8) is 0 Å². The second-order valence-corrected chi connectivity index (χ2v) is 4.31. The molecule has 2 rings (SSSR count). The summed E-state index contributed by atoms with van der Waals surface area (Å²) in [6.45, 7) is 0. The summed E-state index contributed by atoms with van der Waals surface area (Å²) in [5.74, 6) is -1.42. The van der Waals surface area contributed by atoms with E-state index in [1.807, 2.05) is 6.07 Å². The molecule has 0 aliphatic heterocycles. The molecule has 0 fully saturated rings. The van der Waals surface area contributed by atoms with Gasteiger partial charge in [0.25, 0.3) is 0 Å². The van der Waals surface area contributed by atoms with Crippen LogP contribution < -0.4 is 0 Å². The van der Waals surface area contributed by atoms with Gasteiger partial charge in [-0.3, -0.25) is 4.79 Å². The highest BCUT2D eigenvalue weighted by Crippen LogP contribution is 2.29. The molecule has 0 spiro atoms. The number of ketones is 1. The van der Waals surface area contributed by atoms with Crippen molar-refractivity contribution in [3.05, 3.63) is 58.0 Å². The molecule has 90 valence electrons. The first kappa shape index (κ1) is 12.7. The van der Waals surface area contributed by atoms with Gasteiger partial charge in [0.1, 0.15) is 5.92 Å². The van der Waals surface area contributed by atoms with Crippen LogP contribution in [0.2, 0.25) is 10.2 Å². The van der Waals surface area contributed by atoms with E-state index in [2.05, 4.69) is 0 Å². The molecular weight excluding hydrogens is 273 g/mol. The van der Waals surface area contributed by atoms with Crippen LogP contribution in [0.25, 0.3) is 0 Å². The molecule has 0 saturated carbocycles. The molecule has 0 aliphatic rings. The molecule has 0 aliphatic carbocycles. The van der Waals surface area contributed by atoms with E-state index in [0.717, 1.165) is 0 Å². The Hall–Kier alpha value is -1.76. The zero-order valence-corrected chi connectivity index (χ0v) is 10.6. The highest BCUT2D eigenvalue weighted by molar-refractivity contribution is 6.33. The monoisotopic (exact) mass is 279 g/mol. The van der Waals surface area contributed by atoms with Crippen molar-refractivity contribution >= 4 is 29.0 Å². The average Bonchev–Trinajstić information content (AvgIpc) is 2.78. The molecule has 0 amide bonds. The van der Waals surface area contributed by atoms with E-state index in [1.165, 1.54) is 12.3 Å². The average molecular weight is 280 g/mol. The standard InChI is InChI=1S/C13H7Cl2NO2/c14-11-4-2-1-3-8(11)10(7-16)12(17)9-5-6-18-13(9)15/h1-6,10H. The molecule has 1 atom stereocenters. The summed E-state index contributed by atoms with van der Waals surface area (Å²) >= 11 is 11.7. The van der Waals surface area contributed by atoms with Gasteiger partial charge < -0.3 is 4.42 Å². The van der Waals surface area contributed by atoms with E-state index >= 15 is 0 Å². The Labute approximate surface area is 114 Å². The topological polar surface area (TPSA) is 54.0 Å². The van der Waals surface area contributed by atoms with Gasteiger partial charge in [-0.15, -0.1) is 0 Å². The van der Waals surface area contributed by atoms with Crippen LogP contribution in [0.1, 0.15) is 21.8 Å². The van der Waals surface area contributed by atoms with Crippen molar-refractivity contribution < 1.29 is 9.21 Å². The summed E-state index contributed by atoms with van der Waals surface area (Å²) in [7, 11) is 0. The number of benzene rings is 1. The van der Waals surface area contributed by atoms with Crippen LogP contribution in [0.4, 0.5) is 0 Å². The minimum Gasteiger partial charge on any atom is -0.452 e. The summed E-state index contributed by atoms with van der Waals surface area (Å²) in [4.78, 5) is 12.2. The summed E-state index contributed by atoms with van der Waals surface area (Å²) in [6, 6.07) is 10.1. The highest BCUT2D eigenvalue weighted by atomic mass is 35.5. The molecule has 1 unspecified atom stereocenters. The third-order valence-corrected chi connectivity index (χ3v) is 3.13. The van der Waals surface area contributed by atoms with E-state index in [1.54, 1.807) is 24.3 Å². The maximum absolute atomic E-state index is 12.2. The van der Waals surface area contributed by atoms with Crippen LogP contribution in [-0.2, 0) is 0 Å². The van der Waals surface area contributed by atoms with Gasteiger partial charge in [0.05, 0.1) is 17.9 Å². The van der Waals surface area contributed by atoms with Gasteiger partial charge in [0, 0.05) is 5.02 Å². The van der Waals surface area contributed by atoms with Gasteiger partial charge >= 0.3 is 0 Å². The van der Waals surface area contributed by atoms with Gasteiger partial charge in [-0.25, -0.2) is 0 Å². The number of carbonyl (C=O) groups is 1. The Kier molecular flexibility index (Phi) is 3.71. The first-order valence-corrected chi connectivity index (χ1v) is 5.82. The van der Waals surface area contributed by atoms with E-state index < -0.39 is 11.7 Å². The molecule has 1 heterocycles. The minimum absolute atomic E-state index is 0.0210. The third kappa shape index (κ3) is 2.26. The zero-order chi connectivity index (χ0) is 13.1. The quantitative estimate of drug-likeness (QED) is 0.796. The lowest BCUT2D eigenvalue weighted by Gasteiger charge is -2.09. The normalized spacial score (nSPS) is 11.8. The Morgan fingerprint density at radius 2 is 2.00 bits per heavy atom. The number of nitrogens with zero attached hydrogens (tertiary/aromatic N) is 1. The lowest BCUT2D eigenvalue weighted by Crippen LogP contribution is -2.11. The number of rotatable bonds is 3. The van der Waals surface area contributed by atoms with Gasteiger partial charge in [0.15, 0.2) is 5.78 Å². The van der Waals surface area contributed by atoms with Crippen LogP contribution >= 0.6 is 23.2 Å². The Morgan fingerprint density at radius 1 is 1.28 bits per heavy atom. The second kappa shape index (κ2) is 5.26. The molecule has 0 saturated heterocycles. The first-order valence-electron chi connectivity index (χ1n) is 5.06. The predicted octanol–water partition coefficient (Wildman–Crippen LogP) is 4.08. The Balaban J connectivity index is 2.43. The van der Waals surface area contributed by atoms with E-state index in [9.17, 15) is 4.79 Å². The maximum atomic E-state index is 12.2. The third-order valence-electron chi connectivity index (χ3n) is 2.49. The Bertz CT molecular complexity index is 628. The Morgan fingerprint density at radius 3 is 2.56 bits per heavy atom. The van der Waals surface area contributed by atoms with Crippen molar-refractivity contribution in [2.45, 2.75) is 5.92 Å². The van der Waals surface area contributed by atoms with Crippen LogP contribution in [0.5, 0.6) is 0 Å². The first-order chi connectivity index (χ1) is 8.65. The molecule has 0 radical (unpaired) electrons. The number of hydrogen-bond acceptors (Lipinski definition) is 3. The van der Waals surface area contributed by atoms with Crippen LogP contribution in [-0.4, -0.2) is 5.78 Å². The molecule has 5 heteroatoms. The van der Waals surface area contributed by atoms with E-state index in [4.69, 9.17) is 32.9 Å². The van der Waals surface area contributed by atoms with Crippen LogP contribution in [0.15, 0.2) is 41.0 Å².